The second kappa shape index (κ2) is 5.97. The van der Waals surface area contributed by atoms with Crippen LogP contribution in [0.15, 0.2) is 53.9 Å². The van der Waals surface area contributed by atoms with Crippen LogP contribution in [0.3, 0.4) is 0 Å². The quantitative estimate of drug-likeness (QED) is 0.711. The van der Waals surface area contributed by atoms with Gasteiger partial charge < -0.3 is 9.47 Å². The van der Waals surface area contributed by atoms with Gasteiger partial charge >= 0.3 is 0 Å². The number of ether oxygens (including phenoxy) is 2. The molecule has 0 aliphatic carbocycles. The average Bonchev–Trinajstić information content (AvgIpc) is 3.04. The molecule has 0 radical (unpaired) electrons. The normalized spacial score (nSPS) is 10.4. The van der Waals surface area contributed by atoms with E-state index in [1.165, 1.54) is 0 Å². The van der Waals surface area contributed by atoms with Gasteiger partial charge in [0.25, 0.3) is 0 Å². The Hall–Kier alpha value is -2.33. The third-order valence-electron chi connectivity index (χ3n) is 3.20. The van der Waals surface area contributed by atoms with Gasteiger partial charge in [0.1, 0.15) is 16.5 Å². The number of rotatable bonds is 4. The van der Waals surface area contributed by atoms with Crippen LogP contribution in [0.2, 0.25) is 0 Å². The Bertz CT molecular complexity index is 752. The maximum Gasteiger partial charge on any atom is 0.128 e. The molecule has 4 heteroatoms. The van der Waals surface area contributed by atoms with Gasteiger partial charge in [-0.3, -0.25) is 0 Å². The highest BCUT2D eigenvalue weighted by molar-refractivity contribution is 7.13. The molecule has 106 valence electrons. The fraction of sp³-hybridized carbons (Fsp3) is 0.118. The molecular formula is C17H15NO2S. The van der Waals surface area contributed by atoms with Crippen molar-refractivity contribution >= 4 is 11.3 Å². The molecule has 3 rings (SSSR count). The highest BCUT2D eigenvalue weighted by atomic mass is 32.1. The van der Waals surface area contributed by atoms with Crippen molar-refractivity contribution in [2.75, 3.05) is 14.2 Å². The van der Waals surface area contributed by atoms with Crippen LogP contribution in [-0.4, -0.2) is 19.2 Å². The van der Waals surface area contributed by atoms with Crippen molar-refractivity contribution in [3.05, 3.63) is 53.9 Å². The van der Waals surface area contributed by atoms with Gasteiger partial charge in [-0.05, 0) is 24.3 Å². The summed E-state index contributed by atoms with van der Waals surface area (Å²) < 4.78 is 10.7. The molecule has 0 atom stereocenters. The molecule has 3 aromatic rings. The highest BCUT2D eigenvalue weighted by Gasteiger charge is 2.10. The molecule has 0 aliphatic rings. The fourth-order valence-electron chi connectivity index (χ4n) is 2.14. The summed E-state index contributed by atoms with van der Waals surface area (Å²) in [6, 6.07) is 15.8. The largest absolute Gasteiger partial charge is 0.497 e. The molecule has 0 saturated heterocycles. The molecule has 0 spiro atoms. The second-order valence-electron chi connectivity index (χ2n) is 4.47. The molecule has 3 nitrogen and oxygen atoms in total. The highest BCUT2D eigenvalue weighted by Crippen LogP contribution is 2.34. The Balaban J connectivity index is 1.99. The minimum Gasteiger partial charge on any atom is -0.497 e. The van der Waals surface area contributed by atoms with Gasteiger partial charge in [0.2, 0.25) is 0 Å². The second-order valence-corrected chi connectivity index (χ2v) is 5.33. The summed E-state index contributed by atoms with van der Waals surface area (Å²) in [4.78, 5) is 4.72. The molecule has 1 heterocycles. The summed E-state index contributed by atoms with van der Waals surface area (Å²) in [5.41, 5.74) is 2.99. The predicted octanol–water partition coefficient (Wildman–Crippen LogP) is 4.49. The molecule has 1 aromatic heterocycles. The first kappa shape index (κ1) is 13.6. The van der Waals surface area contributed by atoms with E-state index in [2.05, 4.69) is 0 Å². The van der Waals surface area contributed by atoms with Gasteiger partial charge in [-0.25, -0.2) is 4.98 Å². The monoisotopic (exact) mass is 297 g/mol. The molecule has 0 aliphatic heterocycles. The number of methoxy groups -OCH3 is 2. The number of benzene rings is 2. The summed E-state index contributed by atoms with van der Waals surface area (Å²) >= 11 is 1.61. The standard InChI is InChI=1S/C17H15NO2S/c1-19-13-7-5-6-12(10-13)17-18-15(11-21-17)14-8-3-4-9-16(14)20-2/h3-11H,1-2H3. The molecule has 0 bridgehead atoms. The molecular weight excluding hydrogens is 282 g/mol. The maximum atomic E-state index is 5.40. The third-order valence-corrected chi connectivity index (χ3v) is 4.10. The van der Waals surface area contributed by atoms with Crippen LogP contribution in [0.25, 0.3) is 21.8 Å². The van der Waals surface area contributed by atoms with Crippen molar-refractivity contribution in [3.63, 3.8) is 0 Å². The summed E-state index contributed by atoms with van der Waals surface area (Å²) in [7, 11) is 3.34. The summed E-state index contributed by atoms with van der Waals surface area (Å²) in [6.07, 6.45) is 0. The van der Waals surface area contributed by atoms with Gasteiger partial charge in [0.05, 0.1) is 19.9 Å². The van der Waals surface area contributed by atoms with Crippen LogP contribution in [0.1, 0.15) is 0 Å². The number of aromatic nitrogens is 1. The van der Waals surface area contributed by atoms with E-state index in [4.69, 9.17) is 14.5 Å². The number of para-hydroxylation sites is 1. The number of thiazole rings is 1. The molecule has 0 amide bonds. The van der Waals surface area contributed by atoms with E-state index in [1.54, 1.807) is 25.6 Å². The van der Waals surface area contributed by atoms with Gasteiger partial charge in [-0.2, -0.15) is 0 Å². The average molecular weight is 297 g/mol. The first-order valence-corrected chi connectivity index (χ1v) is 7.43. The third kappa shape index (κ3) is 2.76. The minimum absolute atomic E-state index is 0.833. The van der Waals surface area contributed by atoms with Crippen LogP contribution in [0, 0.1) is 0 Å². The molecule has 0 saturated carbocycles. The van der Waals surface area contributed by atoms with E-state index in [1.807, 2.05) is 53.9 Å². The van der Waals surface area contributed by atoms with E-state index in [0.29, 0.717) is 0 Å². The first-order valence-electron chi connectivity index (χ1n) is 6.55. The first-order chi connectivity index (χ1) is 10.3. The maximum absolute atomic E-state index is 5.40. The van der Waals surface area contributed by atoms with Crippen LogP contribution in [0.5, 0.6) is 11.5 Å². The van der Waals surface area contributed by atoms with Gasteiger partial charge in [0.15, 0.2) is 0 Å². The Morgan fingerprint density at radius 2 is 1.81 bits per heavy atom. The SMILES string of the molecule is COc1cccc(-c2nc(-c3ccccc3OC)cs2)c1. The predicted molar refractivity (Wildman–Crippen MR) is 86.1 cm³/mol. The van der Waals surface area contributed by atoms with Crippen LogP contribution in [-0.2, 0) is 0 Å². The zero-order valence-corrected chi connectivity index (χ0v) is 12.7. The Morgan fingerprint density at radius 3 is 2.62 bits per heavy atom. The van der Waals surface area contributed by atoms with Crippen LogP contribution in [0.4, 0.5) is 0 Å². The van der Waals surface area contributed by atoms with Crippen LogP contribution < -0.4 is 9.47 Å². The Labute approximate surface area is 127 Å². The summed E-state index contributed by atoms with van der Waals surface area (Å²) in [6.45, 7) is 0. The molecule has 0 fully saturated rings. The van der Waals surface area contributed by atoms with E-state index in [0.717, 1.165) is 33.3 Å². The Kier molecular flexibility index (Phi) is 3.88. The number of hydrogen-bond acceptors (Lipinski definition) is 4. The Morgan fingerprint density at radius 1 is 0.952 bits per heavy atom. The fourth-order valence-corrected chi connectivity index (χ4v) is 2.96. The molecule has 2 aromatic carbocycles. The lowest BCUT2D eigenvalue weighted by Gasteiger charge is -2.05. The van der Waals surface area contributed by atoms with Crippen LogP contribution >= 0.6 is 11.3 Å². The van der Waals surface area contributed by atoms with Crippen molar-refractivity contribution in [2.45, 2.75) is 0 Å². The van der Waals surface area contributed by atoms with E-state index >= 15 is 0 Å². The lowest BCUT2D eigenvalue weighted by molar-refractivity contribution is 0.415. The van der Waals surface area contributed by atoms with Crippen molar-refractivity contribution in [2.24, 2.45) is 0 Å². The summed E-state index contributed by atoms with van der Waals surface area (Å²) in [5.74, 6) is 1.67. The number of nitrogens with zero attached hydrogens (tertiary/aromatic N) is 1. The molecule has 0 unspecified atom stereocenters. The zero-order chi connectivity index (χ0) is 14.7. The molecule has 21 heavy (non-hydrogen) atoms. The van der Waals surface area contributed by atoms with Gasteiger partial charge in [-0.1, -0.05) is 24.3 Å². The topological polar surface area (TPSA) is 31.4 Å². The minimum atomic E-state index is 0.833. The zero-order valence-electron chi connectivity index (χ0n) is 11.9. The van der Waals surface area contributed by atoms with Crippen molar-refractivity contribution in [1.82, 2.24) is 4.98 Å². The summed E-state index contributed by atoms with van der Waals surface area (Å²) in [5, 5.41) is 3.02. The molecule has 0 N–H and O–H groups in total. The van der Waals surface area contributed by atoms with Gasteiger partial charge in [0, 0.05) is 16.5 Å². The lowest BCUT2D eigenvalue weighted by Crippen LogP contribution is -1.87. The smallest absolute Gasteiger partial charge is 0.128 e. The van der Waals surface area contributed by atoms with Crippen molar-refractivity contribution in [1.29, 1.82) is 0 Å². The van der Waals surface area contributed by atoms with Crippen molar-refractivity contribution in [3.8, 4) is 33.3 Å². The van der Waals surface area contributed by atoms with E-state index < -0.39 is 0 Å². The van der Waals surface area contributed by atoms with Crippen molar-refractivity contribution < 1.29 is 9.47 Å². The lowest BCUT2D eigenvalue weighted by atomic mass is 10.1. The van der Waals surface area contributed by atoms with E-state index in [9.17, 15) is 0 Å². The van der Waals surface area contributed by atoms with E-state index in [-0.39, 0.29) is 0 Å². The van der Waals surface area contributed by atoms with Gasteiger partial charge in [-0.15, -0.1) is 11.3 Å². The number of hydrogen-bond donors (Lipinski definition) is 0.